The maximum absolute atomic E-state index is 13.6. The zero-order chi connectivity index (χ0) is 22.1. The van der Waals surface area contributed by atoms with Crippen molar-refractivity contribution in [2.45, 2.75) is 18.9 Å². The molecule has 0 N–H and O–H groups in total. The number of carbonyl (C=O) groups excluding carboxylic acids is 2. The van der Waals surface area contributed by atoms with Gasteiger partial charge in [-0.1, -0.05) is 11.6 Å². The molecule has 0 aliphatic carbocycles. The van der Waals surface area contributed by atoms with Crippen LogP contribution in [-0.2, 0) is 9.53 Å². The molecule has 0 spiro atoms. The highest BCUT2D eigenvalue weighted by Crippen LogP contribution is 2.28. The zero-order valence-electron chi connectivity index (χ0n) is 17.5. The summed E-state index contributed by atoms with van der Waals surface area (Å²) in [5.74, 6) is -0.0464. The summed E-state index contributed by atoms with van der Waals surface area (Å²) in [6.07, 6.45) is 4.78. The first kappa shape index (κ1) is 20.8. The Morgan fingerprint density at radius 2 is 1.75 bits per heavy atom. The first-order valence-corrected chi connectivity index (χ1v) is 11.2. The molecule has 2 aliphatic heterocycles. The second-order valence-corrected chi connectivity index (χ2v) is 8.51. The van der Waals surface area contributed by atoms with Gasteiger partial charge in [-0.15, -0.1) is 0 Å². The largest absolute Gasteiger partial charge is 0.368 e. The molecule has 5 rings (SSSR count). The number of hydrogen-bond donors (Lipinski definition) is 0. The van der Waals surface area contributed by atoms with Crippen LogP contribution in [-0.4, -0.2) is 70.5 Å². The van der Waals surface area contributed by atoms with E-state index < -0.39 is 0 Å². The Hall–Kier alpha value is -3.03. The van der Waals surface area contributed by atoms with Crippen LogP contribution in [0.5, 0.6) is 0 Å². The third-order valence-corrected chi connectivity index (χ3v) is 6.30. The van der Waals surface area contributed by atoms with E-state index in [2.05, 4.69) is 4.98 Å². The summed E-state index contributed by atoms with van der Waals surface area (Å²) in [5, 5.41) is 1.27. The van der Waals surface area contributed by atoms with E-state index in [1.165, 1.54) is 0 Å². The van der Waals surface area contributed by atoms with Gasteiger partial charge in [0.15, 0.2) is 0 Å². The van der Waals surface area contributed by atoms with Crippen molar-refractivity contribution in [2.24, 2.45) is 0 Å². The van der Waals surface area contributed by atoms with E-state index in [1.54, 1.807) is 29.4 Å². The molecule has 2 aromatic heterocycles. The monoisotopic (exact) mass is 450 g/mol. The van der Waals surface area contributed by atoms with Crippen molar-refractivity contribution in [2.75, 3.05) is 32.8 Å². The van der Waals surface area contributed by atoms with Crippen LogP contribution in [0.3, 0.4) is 0 Å². The van der Waals surface area contributed by atoms with Gasteiger partial charge < -0.3 is 14.5 Å². The van der Waals surface area contributed by atoms with Gasteiger partial charge in [0.1, 0.15) is 6.10 Å². The fourth-order valence-electron chi connectivity index (χ4n) is 4.32. The number of carbonyl (C=O) groups is 2. The average Bonchev–Trinajstić information content (AvgIpc) is 3.38. The van der Waals surface area contributed by atoms with Gasteiger partial charge in [0.25, 0.3) is 11.8 Å². The smallest absolute Gasteiger partial charge is 0.254 e. The van der Waals surface area contributed by atoms with Crippen molar-refractivity contribution in [3.8, 4) is 11.3 Å². The van der Waals surface area contributed by atoms with Crippen LogP contribution in [0.2, 0.25) is 5.02 Å². The maximum Gasteiger partial charge on any atom is 0.254 e. The normalized spacial score (nSPS) is 18.8. The van der Waals surface area contributed by atoms with Gasteiger partial charge in [-0.05, 0) is 49.2 Å². The lowest BCUT2D eigenvalue weighted by Gasteiger charge is -2.36. The second-order valence-electron chi connectivity index (χ2n) is 8.07. The maximum atomic E-state index is 13.6. The van der Waals surface area contributed by atoms with Crippen LogP contribution in [0.25, 0.3) is 22.2 Å². The van der Waals surface area contributed by atoms with Crippen LogP contribution in [0, 0.1) is 0 Å². The molecule has 32 heavy (non-hydrogen) atoms. The Bertz CT molecular complexity index is 1160. The highest BCUT2D eigenvalue weighted by Gasteiger charge is 2.32. The molecule has 2 aliphatic rings. The molecule has 164 valence electrons. The lowest BCUT2D eigenvalue weighted by Crippen LogP contribution is -2.52. The van der Waals surface area contributed by atoms with E-state index in [9.17, 15) is 9.59 Å². The van der Waals surface area contributed by atoms with Crippen molar-refractivity contribution < 1.29 is 14.3 Å². The summed E-state index contributed by atoms with van der Waals surface area (Å²) in [6, 6.07) is 10.9. The molecule has 2 amide bonds. The highest BCUT2D eigenvalue weighted by atomic mass is 35.5. The molecular formula is C24H23ClN4O3. The molecule has 1 aromatic carbocycles. The molecule has 7 nitrogen and oxygen atoms in total. The molecule has 0 radical (unpaired) electrons. The molecule has 2 fully saturated rings. The first-order valence-electron chi connectivity index (χ1n) is 10.8. The number of amides is 2. The van der Waals surface area contributed by atoms with E-state index in [4.69, 9.17) is 21.3 Å². The van der Waals surface area contributed by atoms with Gasteiger partial charge in [0.05, 0.1) is 16.8 Å². The predicted molar refractivity (Wildman–Crippen MR) is 121 cm³/mol. The molecule has 8 heteroatoms. The van der Waals surface area contributed by atoms with Gasteiger partial charge in [-0.2, -0.15) is 0 Å². The number of halogens is 1. The average molecular weight is 451 g/mol. The summed E-state index contributed by atoms with van der Waals surface area (Å²) in [5.41, 5.74) is 2.86. The van der Waals surface area contributed by atoms with E-state index in [0.29, 0.717) is 54.6 Å². The number of pyridine rings is 2. The third-order valence-electron chi connectivity index (χ3n) is 6.06. The minimum atomic E-state index is -0.327. The van der Waals surface area contributed by atoms with Crippen LogP contribution >= 0.6 is 11.6 Å². The van der Waals surface area contributed by atoms with Crippen molar-refractivity contribution in [1.82, 2.24) is 19.8 Å². The minimum Gasteiger partial charge on any atom is -0.368 e. The number of fused-ring (bicyclic) bond motifs is 1. The fraction of sp³-hybridized carbons (Fsp3) is 0.333. The van der Waals surface area contributed by atoms with Gasteiger partial charge in [-0.25, -0.2) is 4.98 Å². The van der Waals surface area contributed by atoms with Gasteiger partial charge in [0, 0.05) is 61.2 Å². The Labute approximate surface area is 191 Å². The zero-order valence-corrected chi connectivity index (χ0v) is 18.3. The number of aromatic nitrogens is 2. The molecule has 0 unspecified atom stereocenters. The quantitative estimate of drug-likeness (QED) is 0.611. The highest BCUT2D eigenvalue weighted by molar-refractivity contribution is 6.31. The number of piperazine rings is 1. The SMILES string of the molecule is O=C(c1cc(-c2ccncc2)nc2ccc(Cl)cc12)N1CCN(C(=O)[C@@H]2CCCO2)CC1. The standard InChI is InChI=1S/C24H23ClN4O3/c25-17-3-4-20-18(14-17)19(15-21(27-20)16-5-7-26-8-6-16)23(30)28-9-11-29(12-10-28)24(31)22-2-1-13-32-22/h3-8,14-15,22H,1-2,9-13H2/t22-/m0/s1. The van der Waals surface area contributed by atoms with Gasteiger partial charge in [-0.3, -0.25) is 14.6 Å². The van der Waals surface area contributed by atoms with Crippen molar-refractivity contribution in [1.29, 1.82) is 0 Å². The lowest BCUT2D eigenvalue weighted by atomic mass is 10.0. The Morgan fingerprint density at radius 3 is 2.47 bits per heavy atom. The van der Waals surface area contributed by atoms with Crippen molar-refractivity contribution in [3.63, 3.8) is 0 Å². The van der Waals surface area contributed by atoms with Crippen LogP contribution in [0.4, 0.5) is 0 Å². The number of hydrogen-bond acceptors (Lipinski definition) is 5. The van der Waals surface area contributed by atoms with Crippen LogP contribution in [0.1, 0.15) is 23.2 Å². The lowest BCUT2D eigenvalue weighted by molar-refractivity contribution is -0.142. The second kappa shape index (κ2) is 8.84. The molecule has 2 saturated heterocycles. The van der Waals surface area contributed by atoms with E-state index in [0.717, 1.165) is 23.8 Å². The summed E-state index contributed by atoms with van der Waals surface area (Å²) < 4.78 is 5.53. The number of rotatable bonds is 3. The molecule has 0 bridgehead atoms. The number of ether oxygens (including phenoxy) is 1. The van der Waals surface area contributed by atoms with Crippen molar-refractivity contribution >= 4 is 34.3 Å². The van der Waals surface area contributed by atoms with Crippen LogP contribution < -0.4 is 0 Å². The Morgan fingerprint density at radius 1 is 1.00 bits per heavy atom. The Balaban J connectivity index is 1.41. The summed E-state index contributed by atoms with van der Waals surface area (Å²) in [7, 11) is 0. The first-order chi connectivity index (χ1) is 15.6. The molecule has 4 heterocycles. The fourth-order valence-corrected chi connectivity index (χ4v) is 4.49. The van der Waals surface area contributed by atoms with Gasteiger partial charge >= 0.3 is 0 Å². The summed E-state index contributed by atoms with van der Waals surface area (Å²) >= 11 is 6.24. The van der Waals surface area contributed by atoms with Crippen molar-refractivity contribution in [3.05, 3.63) is 59.4 Å². The number of nitrogens with zero attached hydrogens (tertiary/aromatic N) is 4. The van der Waals surface area contributed by atoms with E-state index >= 15 is 0 Å². The predicted octanol–water partition coefficient (Wildman–Crippen LogP) is 3.41. The minimum absolute atomic E-state index is 0.0377. The molecule has 0 saturated carbocycles. The van der Waals surface area contributed by atoms with E-state index in [-0.39, 0.29) is 17.9 Å². The molecular weight excluding hydrogens is 428 g/mol. The Kier molecular flexibility index (Phi) is 5.76. The summed E-state index contributed by atoms with van der Waals surface area (Å²) in [4.78, 5) is 38.6. The van der Waals surface area contributed by atoms with Crippen LogP contribution in [0.15, 0.2) is 48.8 Å². The molecule has 1 atom stereocenters. The molecule has 3 aromatic rings. The third kappa shape index (κ3) is 4.06. The summed E-state index contributed by atoms with van der Waals surface area (Å²) in [6.45, 7) is 2.61. The van der Waals surface area contributed by atoms with E-state index in [1.807, 2.05) is 29.2 Å². The topological polar surface area (TPSA) is 75.6 Å². The van der Waals surface area contributed by atoms with Gasteiger partial charge in [0.2, 0.25) is 0 Å². The number of benzene rings is 1.